The molecular formula is C10H10Cl2O. The number of para-hydroxylation sites is 1. The Labute approximate surface area is 87.6 Å². The van der Waals surface area contributed by atoms with E-state index in [1.54, 1.807) is 0 Å². The van der Waals surface area contributed by atoms with Crippen molar-refractivity contribution in [2.45, 2.75) is 10.8 Å². The topological polar surface area (TPSA) is 9.23 Å². The molecule has 1 aromatic carbocycles. The van der Waals surface area contributed by atoms with Crippen LogP contribution in [0.1, 0.15) is 6.42 Å². The summed E-state index contributed by atoms with van der Waals surface area (Å²) in [6.45, 7) is 0.608. The highest BCUT2D eigenvalue weighted by molar-refractivity contribution is 6.50. The van der Waals surface area contributed by atoms with Crippen LogP contribution in [-0.2, 0) is 0 Å². The van der Waals surface area contributed by atoms with Crippen LogP contribution in [0.5, 0.6) is 5.75 Å². The molecular weight excluding hydrogens is 207 g/mol. The van der Waals surface area contributed by atoms with Gasteiger partial charge in [0, 0.05) is 5.92 Å². The lowest BCUT2D eigenvalue weighted by Crippen LogP contribution is -2.03. The largest absolute Gasteiger partial charge is 0.493 e. The SMILES string of the molecule is ClC1(Cl)C[C@H]1COc1ccccc1. The molecule has 1 aliphatic carbocycles. The number of alkyl halides is 2. The van der Waals surface area contributed by atoms with Gasteiger partial charge in [0.05, 0.1) is 6.61 Å². The van der Waals surface area contributed by atoms with Crippen molar-refractivity contribution in [3.8, 4) is 5.75 Å². The predicted molar refractivity (Wildman–Crippen MR) is 54.5 cm³/mol. The van der Waals surface area contributed by atoms with E-state index in [0.717, 1.165) is 12.2 Å². The lowest BCUT2D eigenvalue weighted by Gasteiger charge is -2.04. The molecule has 0 saturated heterocycles. The van der Waals surface area contributed by atoms with E-state index >= 15 is 0 Å². The summed E-state index contributed by atoms with van der Waals surface area (Å²) in [7, 11) is 0. The highest BCUT2D eigenvalue weighted by Crippen LogP contribution is 2.53. The van der Waals surface area contributed by atoms with E-state index in [1.165, 1.54) is 0 Å². The van der Waals surface area contributed by atoms with Gasteiger partial charge in [0.25, 0.3) is 0 Å². The van der Waals surface area contributed by atoms with Crippen molar-refractivity contribution in [3.05, 3.63) is 30.3 Å². The first-order valence-electron chi connectivity index (χ1n) is 4.24. The van der Waals surface area contributed by atoms with Crippen molar-refractivity contribution in [1.82, 2.24) is 0 Å². The second-order valence-corrected chi connectivity index (χ2v) is 4.83. The molecule has 70 valence electrons. The number of ether oxygens (including phenoxy) is 1. The molecule has 0 amide bonds. The summed E-state index contributed by atoms with van der Waals surface area (Å²) in [5.41, 5.74) is 0. The lowest BCUT2D eigenvalue weighted by molar-refractivity contribution is 0.298. The minimum atomic E-state index is -0.533. The molecule has 0 aliphatic heterocycles. The van der Waals surface area contributed by atoms with Gasteiger partial charge in [-0.3, -0.25) is 0 Å². The molecule has 1 aromatic rings. The number of hydrogen-bond donors (Lipinski definition) is 0. The molecule has 1 saturated carbocycles. The third-order valence-electron chi connectivity index (χ3n) is 2.15. The van der Waals surface area contributed by atoms with Crippen molar-refractivity contribution >= 4 is 23.2 Å². The molecule has 1 fully saturated rings. The van der Waals surface area contributed by atoms with Crippen LogP contribution in [0.4, 0.5) is 0 Å². The number of hydrogen-bond acceptors (Lipinski definition) is 1. The molecule has 0 spiro atoms. The highest BCUT2D eigenvalue weighted by atomic mass is 35.5. The smallest absolute Gasteiger partial charge is 0.125 e. The average Bonchev–Trinajstić information content (AvgIpc) is 2.73. The monoisotopic (exact) mass is 216 g/mol. The molecule has 0 heterocycles. The van der Waals surface area contributed by atoms with E-state index in [2.05, 4.69) is 0 Å². The zero-order chi connectivity index (χ0) is 9.31. The Kier molecular flexibility index (Phi) is 2.39. The lowest BCUT2D eigenvalue weighted by atomic mass is 10.3. The van der Waals surface area contributed by atoms with Crippen LogP contribution in [0.2, 0.25) is 0 Å². The third-order valence-corrected chi connectivity index (χ3v) is 3.08. The van der Waals surface area contributed by atoms with Gasteiger partial charge in [-0.15, -0.1) is 23.2 Å². The number of rotatable bonds is 3. The fraction of sp³-hybridized carbons (Fsp3) is 0.400. The summed E-state index contributed by atoms with van der Waals surface area (Å²) in [4.78, 5) is 0. The first kappa shape index (κ1) is 9.17. The summed E-state index contributed by atoms with van der Waals surface area (Å²) in [5, 5.41) is 0. The Morgan fingerprint density at radius 1 is 1.31 bits per heavy atom. The van der Waals surface area contributed by atoms with Crippen molar-refractivity contribution in [2.24, 2.45) is 5.92 Å². The second-order valence-electron chi connectivity index (χ2n) is 3.29. The van der Waals surface area contributed by atoms with E-state index in [1.807, 2.05) is 30.3 Å². The minimum absolute atomic E-state index is 0.288. The van der Waals surface area contributed by atoms with Crippen LogP contribution in [0.15, 0.2) is 30.3 Å². The maximum atomic E-state index is 5.86. The van der Waals surface area contributed by atoms with E-state index in [0.29, 0.717) is 6.61 Å². The van der Waals surface area contributed by atoms with Crippen LogP contribution in [-0.4, -0.2) is 10.9 Å². The van der Waals surface area contributed by atoms with Crippen LogP contribution in [0, 0.1) is 5.92 Å². The van der Waals surface area contributed by atoms with Gasteiger partial charge >= 0.3 is 0 Å². The fourth-order valence-corrected chi connectivity index (χ4v) is 1.66. The number of halogens is 2. The quantitative estimate of drug-likeness (QED) is 0.706. The molecule has 1 atom stereocenters. The molecule has 0 unspecified atom stereocenters. The molecule has 1 aliphatic rings. The second kappa shape index (κ2) is 3.39. The van der Waals surface area contributed by atoms with Gasteiger partial charge in [0.15, 0.2) is 0 Å². The van der Waals surface area contributed by atoms with Crippen LogP contribution in [0.3, 0.4) is 0 Å². The normalized spacial score (nSPS) is 24.0. The standard InChI is InChI=1S/C10H10Cl2O/c11-10(12)6-8(10)7-13-9-4-2-1-3-5-9/h1-5,8H,6-7H2/t8-/m0/s1. The summed E-state index contributed by atoms with van der Waals surface area (Å²) < 4.78 is 4.96. The molecule has 1 nitrogen and oxygen atoms in total. The Balaban J connectivity index is 1.82. The maximum absolute atomic E-state index is 5.86. The Morgan fingerprint density at radius 3 is 2.46 bits per heavy atom. The van der Waals surface area contributed by atoms with E-state index in [9.17, 15) is 0 Å². The summed E-state index contributed by atoms with van der Waals surface area (Å²) >= 11 is 11.7. The highest BCUT2D eigenvalue weighted by Gasteiger charge is 2.52. The van der Waals surface area contributed by atoms with Crippen molar-refractivity contribution in [3.63, 3.8) is 0 Å². The first-order chi connectivity index (χ1) is 6.18. The van der Waals surface area contributed by atoms with Crippen molar-refractivity contribution in [1.29, 1.82) is 0 Å². The van der Waals surface area contributed by atoms with Crippen LogP contribution < -0.4 is 4.74 Å². The average molecular weight is 217 g/mol. The fourth-order valence-electron chi connectivity index (χ4n) is 1.16. The van der Waals surface area contributed by atoms with Crippen molar-refractivity contribution < 1.29 is 4.74 Å². The molecule has 2 rings (SSSR count). The minimum Gasteiger partial charge on any atom is -0.493 e. The van der Waals surface area contributed by atoms with Crippen LogP contribution >= 0.6 is 23.2 Å². The Morgan fingerprint density at radius 2 is 1.92 bits per heavy atom. The zero-order valence-corrected chi connectivity index (χ0v) is 8.55. The van der Waals surface area contributed by atoms with Gasteiger partial charge in [-0.1, -0.05) is 18.2 Å². The van der Waals surface area contributed by atoms with Gasteiger partial charge in [0.2, 0.25) is 0 Å². The van der Waals surface area contributed by atoms with Gasteiger partial charge in [-0.2, -0.15) is 0 Å². The Bertz CT molecular complexity index is 284. The van der Waals surface area contributed by atoms with Gasteiger partial charge in [0.1, 0.15) is 10.1 Å². The molecule has 3 heteroatoms. The van der Waals surface area contributed by atoms with Gasteiger partial charge in [-0.25, -0.2) is 0 Å². The van der Waals surface area contributed by atoms with E-state index in [-0.39, 0.29) is 5.92 Å². The zero-order valence-electron chi connectivity index (χ0n) is 7.04. The molecule has 0 bridgehead atoms. The van der Waals surface area contributed by atoms with E-state index < -0.39 is 4.33 Å². The van der Waals surface area contributed by atoms with Gasteiger partial charge < -0.3 is 4.74 Å². The summed E-state index contributed by atoms with van der Waals surface area (Å²) in [6.07, 6.45) is 0.836. The molecule has 0 N–H and O–H groups in total. The predicted octanol–water partition coefficient (Wildman–Crippen LogP) is 3.26. The number of benzene rings is 1. The first-order valence-corrected chi connectivity index (χ1v) is 5.00. The molecule has 0 radical (unpaired) electrons. The third kappa shape index (κ3) is 2.29. The molecule has 13 heavy (non-hydrogen) atoms. The summed E-state index contributed by atoms with van der Waals surface area (Å²) in [5.74, 6) is 1.16. The summed E-state index contributed by atoms with van der Waals surface area (Å²) in [6, 6.07) is 9.68. The van der Waals surface area contributed by atoms with Crippen LogP contribution in [0.25, 0.3) is 0 Å². The van der Waals surface area contributed by atoms with E-state index in [4.69, 9.17) is 27.9 Å². The van der Waals surface area contributed by atoms with Crippen molar-refractivity contribution in [2.75, 3.05) is 6.61 Å². The Hall–Kier alpha value is -0.400. The molecule has 0 aromatic heterocycles. The van der Waals surface area contributed by atoms with Gasteiger partial charge in [-0.05, 0) is 18.6 Å². The maximum Gasteiger partial charge on any atom is 0.125 e.